The van der Waals surface area contributed by atoms with Gasteiger partial charge in [-0.1, -0.05) is 19.3 Å². The van der Waals surface area contributed by atoms with Crippen LogP contribution in [0.2, 0.25) is 0 Å². The van der Waals surface area contributed by atoms with Crippen LogP contribution in [0.1, 0.15) is 44.1 Å². The van der Waals surface area contributed by atoms with E-state index in [4.69, 9.17) is 0 Å². The van der Waals surface area contributed by atoms with Crippen LogP contribution in [-0.2, 0) is 11.3 Å². The van der Waals surface area contributed by atoms with Crippen molar-refractivity contribution in [2.75, 3.05) is 7.05 Å². The van der Waals surface area contributed by atoms with Gasteiger partial charge in [-0.15, -0.1) is 11.3 Å². The number of thiophene rings is 1. The molecule has 1 aliphatic rings. The normalized spacial score (nSPS) is 18.3. The smallest absolute Gasteiger partial charge is 0.225 e. The molecule has 2 rings (SSSR count). The zero-order chi connectivity index (χ0) is 13.9. The van der Waals surface area contributed by atoms with Crippen LogP contribution in [0.4, 0.5) is 0 Å². The SMILES string of the molecule is CN(Cc1csc(Br)c1)C(=O)CC1(O)CCCCC1. The average Bonchev–Trinajstić information content (AvgIpc) is 2.75. The van der Waals surface area contributed by atoms with E-state index in [1.807, 2.05) is 11.4 Å². The highest BCUT2D eigenvalue weighted by Crippen LogP contribution is 2.31. The number of carbonyl (C=O) groups excluding carboxylic acids is 1. The lowest BCUT2D eigenvalue weighted by Crippen LogP contribution is -2.38. The summed E-state index contributed by atoms with van der Waals surface area (Å²) >= 11 is 5.04. The van der Waals surface area contributed by atoms with Crippen LogP contribution in [0.25, 0.3) is 0 Å². The lowest BCUT2D eigenvalue weighted by atomic mass is 9.82. The number of halogens is 1. The lowest BCUT2D eigenvalue weighted by molar-refractivity contribution is -0.137. The van der Waals surface area contributed by atoms with E-state index in [-0.39, 0.29) is 12.3 Å². The first-order chi connectivity index (χ1) is 8.98. The molecule has 0 unspecified atom stereocenters. The molecule has 0 aromatic carbocycles. The molecule has 0 saturated heterocycles. The molecule has 1 amide bonds. The van der Waals surface area contributed by atoms with Gasteiger partial charge in [0, 0.05) is 13.6 Å². The van der Waals surface area contributed by atoms with Crippen molar-refractivity contribution in [2.45, 2.75) is 50.7 Å². The number of hydrogen-bond donors (Lipinski definition) is 1. The summed E-state index contributed by atoms with van der Waals surface area (Å²) in [6.07, 6.45) is 5.02. The van der Waals surface area contributed by atoms with E-state index in [0.29, 0.717) is 6.54 Å². The molecule has 106 valence electrons. The van der Waals surface area contributed by atoms with Gasteiger partial charge in [0.25, 0.3) is 0 Å². The van der Waals surface area contributed by atoms with E-state index in [1.165, 1.54) is 6.42 Å². The first-order valence-corrected chi connectivity index (χ1v) is 8.35. The van der Waals surface area contributed by atoms with Crippen molar-refractivity contribution in [3.05, 3.63) is 20.8 Å². The Morgan fingerprint density at radius 3 is 2.74 bits per heavy atom. The van der Waals surface area contributed by atoms with Crippen LogP contribution >= 0.6 is 27.3 Å². The average molecular weight is 346 g/mol. The maximum atomic E-state index is 12.2. The molecule has 1 saturated carbocycles. The van der Waals surface area contributed by atoms with Crippen molar-refractivity contribution in [2.24, 2.45) is 0 Å². The molecular formula is C14H20BrNO2S. The van der Waals surface area contributed by atoms with E-state index < -0.39 is 5.60 Å². The van der Waals surface area contributed by atoms with E-state index in [2.05, 4.69) is 15.9 Å². The van der Waals surface area contributed by atoms with E-state index >= 15 is 0 Å². The Bertz CT molecular complexity index is 440. The van der Waals surface area contributed by atoms with Crippen LogP contribution < -0.4 is 0 Å². The number of amides is 1. The minimum atomic E-state index is -0.765. The minimum absolute atomic E-state index is 0.0340. The van der Waals surface area contributed by atoms with Crippen molar-refractivity contribution in [1.29, 1.82) is 0 Å². The Labute approximate surface area is 126 Å². The second kappa shape index (κ2) is 6.37. The molecule has 0 atom stereocenters. The monoisotopic (exact) mass is 345 g/mol. The lowest BCUT2D eigenvalue weighted by Gasteiger charge is -2.32. The maximum absolute atomic E-state index is 12.2. The van der Waals surface area contributed by atoms with Gasteiger partial charge in [-0.2, -0.15) is 0 Å². The maximum Gasteiger partial charge on any atom is 0.225 e. The zero-order valence-corrected chi connectivity index (χ0v) is 13.6. The van der Waals surface area contributed by atoms with Crippen molar-refractivity contribution >= 4 is 33.2 Å². The number of aliphatic hydroxyl groups is 1. The van der Waals surface area contributed by atoms with Gasteiger partial charge < -0.3 is 10.0 Å². The van der Waals surface area contributed by atoms with E-state index in [9.17, 15) is 9.90 Å². The van der Waals surface area contributed by atoms with Gasteiger partial charge in [0.05, 0.1) is 15.8 Å². The molecule has 0 spiro atoms. The molecule has 0 radical (unpaired) electrons. The molecular weight excluding hydrogens is 326 g/mol. The summed E-state index contributed by atoms with van der Waals surface area (Å²) < 4.78 is 1.08. The van der Waals surface area contributed by atoms with Crippen LogP contribution in [0, 0.1) is 0 Å². The number of nitrogens with zero attached hydrogens (tertiary/aromatic N) is 1. The van der Waals surface area contributed by atoms with Crippen molar-refractivity contribution in [1.82, 2.24) is 4.90 Å². The largest absolute Gasteiger partial charge is 0.389 e. The highest BCUT2D eigenvalue weighted by atomic mass is 79.9. The fraction of sp³-hybridized carbons (Fsp3) is 0.643. The van der Waals surface area contributed by atoms with Gasteiger partial charge in [0.1, 0.15) is 0 Å². The number of rotatable bonds is 4. The van der Waals surface area contributed by atoms with Crippen molar-refractivity contribution in [3.63, 3.8) is 0 Å². The Kier molecular flexibility index (Phi) is 5.03. The van der Waals surface area contributed by atoms with Crippen molar-refractivity contribution < 1.29 is 9.90 Å². The standard InChI is InChI=1S/C14H20BrNO2S/c1-16(9-11-7-12(15)19-10-11)13(17)8-14(18)5-3-2-4-6-14/h7,10,18H,2-6,8-9H2,1H3. The predicted octanol–water partition coefficient (Wildman–Crippen LogP) is 3.55. The second-order valence-electron chi connectivity index (χ2n) is 5.47. The molecule has 5 heteroatoms. The van der Waals surface area contributed by atoms with Crippen LogP contribution in [0.3, 0.4) is 0 Å². The first kappa shape index (κ1) is 15.0. The first-order valence-electron chi connectivity index (χ1n) is 6.68. The fourth-order valence-corrected chi connectivity index (χ4v) is 3.79. The summed E-state index contributed by atoms with van der Waals surface area (Å²) in [6.45, 7) is 0.608. The number of hydrogen-bond acceptors (Lipinski definition) is 3. The molecule has 19 heavy (non-hydrogen) atoms. The van der Waals surface area contributed by atoms with Crippen LogP contribution in [0.15, 0.2) is 15.2 Å². The topological polar surface area (TPSA) is 40.5 Å². The molecule has 3 nitrogen and oxygen atoms in total. The molecule has 0 aliphatic heterocycles. The van der Waals surface area contributed by atoms with Gasteiger partial charge in [-0.05, 0) is 45.8 Å². The molecule has 1 heterocycles. The summed E-state index contributed by atoms with van der Waals surface area (Å²) in [5.41, 5.74) is 0.363. The van der Waals surface area contributed by atoms with Crippen molar-refractivity contribution in [3.8, 4) is 0 Å². The Hall–Kier alpha value is -0.390. The van der Waals surface area contributed by atoms with Gasteiger partial charge in [-0.3, -0.25) is 4.79 Å². The summed E-state index contributed by atoms with van der Waals surface area (Å²) in [5, 5.41) is 12.5. The highest BCUT2D eigenvalue weighted by molar-refractivity contribution is 9.11. The Morgan fingerprint density at radius 1 is 1.47 bits per heavy atom. The van der Waals surface area contributed by atoms with Gasteiger partial charge >= 0.3 is 0 Å². The third-order valence-corrected chi connectivity index (χ3v) is 5.29. The second-order valence-corrected chi connectivity index (χ2v) is 7.76. The highest BCUT2D eigenvalue weighted by Gasteiger charge is 2.32. The van der Waals surface area contributed by atoms with E-state index in [1.54, 1.807) is 23.3 Å². The molecule has 1 N–H and O–H groups in total. The Balaban J connectivity index is 1.88. The van der Waals surface area contributed by atoms with E-state index in [0.717, 1.165) is 35.0 Å². The summed E-state index contributed by atoms with van der Waals surface area (Å²) in [7, 11) is 1.81. The third kappa shape index (κ3) is 4.29. The summed E-state index contributed by atoms with van der Waals surface area (Å²) in [4.78, 5) is 13.9. The van der Waals surface area contributed by atoms with Crippen LogP contribution in [0.5, 0.6) is 0 Å². The molecule has 1 aromatic rings. The van der Waals surface area contributed by atoms with Crippen LogP contribution in [-0.4, -0.2) is 28.6 Å². The minimum Gasteiger partial charge on any atom is -0.389 e. The fourth-order valence-electron chi connectivity index (χ4n) is 2.59. The van der Waals surface area contributed by atoms with Gasteiger partial charge in [0.2, 0.25) is 5.91 Å². The molecule has 1 aliphatic carbocycles. The molecule has 1 fully saturated rings. The third-order valence-electron chi connectivity index (χ3n) is 3.73. The van der Waals surface area contributed by atoms with Gasteiger partial charge in [-0.25, -0.2) is 0 Å². The molecule has 0 bridgehead atoms. The summed E-state index contributed by atoms with van der Waals surface area (Å²) in [5.74, 6) is 0.0340. The predicted molar refractivity (Wildman–Crippen MR) is 81.1 cm³/mol. The quantitative estimate of drug-likeness (QED) is 0.906. The van der Waals surface area contributed by atoms with Gasteiger partial charge in [0.15, 0.2) is 0 Å². The molecule has 1 aromatic heterocycles. The summed E-state index contributed by atoms with van der Waals surface area (Å²) in [6, 6.07) is 2.03. The Morgan fingerprint density at radius 2 is 2.16 bits per heavy atom. The number of carbonyl (C=O) groups is 1. The zero-order valence-electron chi connectivity index (χ0n) is 11.2.